The first kappa shape index (κ1) is 11.1. The summed E-state index contributed by atoms with van der Waals surface area (Å²) in [4.78, 5) is 12.5. The highest BCUT2D eigenvalue weighted by Crippen LogP contribution is 2.20. The monoisotopic (exact) mass is 223 g/mol. The third kappa shape index (κ3) is 1.80. The molecule has 2 rings (SSSR count). The smallest absolute Gasteiger partial charge is 0.256 e. The van der Waals surface area contributed by atoms with Crippen LogP contribution in [0.5, 0.6) is 0 Å². The summed E-state index contributed by atoms with van der Waals surface area (Å²) in [6, 6.07) is 9.08. The minimum atomic E-state index is -1.53. The number of aliphatic hydroxyl groups excluding tert-OH is 3. The van der Waals surface area contributed by atoms with Gasteiger partial charge in [0.25, 0.3) is 5.91 Å². The molecule has 1 aromatic carbocycles. The van der Waals surface area contributed by atoms with Crippen LogP contribution in [0.2, 0.25) is 0 Å². The molecular formula is C11H13NO4. The minimum absolute atomic E-state index is 0.176. The van der Waals surface area contributed by atoms with Crippen LogP contribution in [-0.4, -0.2) is 44.6 Å². The van der Waals surface area contributed by atoms with E-state index in [1.165, 1.54) is 0 Å². The van der Waals surface area contributed by atoms with Crippen LogP contribution in [-0.2, 0) is 11.3 Å². The van der Waals surface area contributed by atoms with E-state index >= 15 is 0 Å². The molecule has 1 aromatic rings. The molecule has 0 aliphatic carbocycles. The SMILES string of the molecule is O=C1[C@H](O)[C@@H](O)C(O)N1Cc1ccccc1. The second kappa shape index (κ2) is 4.21. The van der Waals surface area contributed by atoms with Gasteiger partial charge in [-0.15, -0.1) is 0 Å². The summed E-state index contributed by atoms with van der Waals surface area (Å²) in [5.74, 6) is -0.649. The van der Waals surface area contributed by atoms with Crippen LogP contribution >= 0.6 is 0 Å². The Kier molecular flexibility index (Phi) is 2.91. The molecule has 0 spiro atoms. The molecule has 16 heavy (non-hydrogen) atoms. The van der Waals surface area contributed by atoms with Crippen LogP contribution in [0.25, 0.3) is 0 Å². The molecule has 3 atom stereocenters. The fraction of sp³-hybridized carbons (Fsp3) is 0.364. The van der Waals surface area contributed by atoms with E-state index in [1.807, 2.05) is 18.2 Å². The lowest BCUT2D eigenvalue weighted by molar-refractivity contribution is -0.139. The van der Waals surface area contributed by atoms with Crippen LogP contribution in [0.4, 0.5) is 0 Å². The van der Waals surface area contributed by atoms with Crippen LogP contribution < -0.4 is 0 Å². The Balaban J connectivity index is 2.14. The number of aliphatic hydroxyl groups is 3. The van der Waals surface area contributed by atoms with Crippen molar-refractivity contribution >= 4 is 5.91 Å². The first-order valence-electron chi connectivity index (χ1n) is 5.00. The molecule has 1 fully saturated rings. The highest BCUT2D eigenvalue weighted by atomic mass is 16.4. The van der Waals surface area contributed by atoms with E-state index in [1.54, 1.807) is 12.1 Å². The first-order chi connectivity index (χ1) is 7.61. The summed E-state index contributed by atoms with van der Waals surface area (Å²) in [7, 11) is 0. The molecule has 0 radical (unpaired) electrons. The molecule has 86 valence electrons. The summed E-state index contributed by atoms with van der Waals surface area (Å²) in [5.41, 5.74) is 0.830. The maximum Gasteiger partial charge on any atom is 0.256 e. The number of carbonyl (C=O) groups excluding carboxylic acids is 1. The topological polar surface area (TPSA) is 81.0 Å². The van der Waals surface area contributed by atoms with Gasteiger partial charge in [0.2, 0.25) is 0 Å². The van der Waals surface area contributed by atoms with E-state index in [2.05, 4.69) is 0 Å². The number of likely N-dealkylation sites (tertiary alicyclic amines) is 1. The van der Waals surface area contributed by atoms with Crippen molar-refractivity contribution in [3.8, 4) is 0 Å². The molecular weight excluding hydrogens is 210 g/mol. The van der Waals surface area contributed by atoms with Gasteiger partial charge in [0.05, 0.1) is 0 Å². The zero-order chi connectivity index (χ0) is 11.7. The van der Waals surface area contributed by atoms with Gasteiger partial charge in [0.1, 0.15) is 6.10 Å². The van der Waals surface area contributed by atoms with E-state index in [9.17, 15) is 20.1 Å². The van der Waals surface area contributed by atoms with E-state index < -0.39 is 24.3 Å². The number of carbonyl (C=O) groups is 1. The standard InChI is InChI=1S/C11H13NO4/c13-8-9(14)11(16)12(10(8)15)6-7-4-2-1-3-5-7/h1-5,8-10,13-15H,6H2/t8-,9-,10?/m1/s1. The van der Waals surface area contributed by atoms with Gasteiger partial charge in [-0.3, -0.25) is 4.79 Å². The molecule has 3 N–H and O–H groups in total. The van der Waals surface area contributed by atoms with Crippen molar-refractivity contribution < 1.29 is 20.1 Å². The Hall–Kier alpha value is -1.43. The second-order valence-electron chi connectivity index (χ2n) is 3.80. The van der Waals surface area contributed by atoms with Gasteiger partial charge in [-0.25, -0.2) is 0 Å². The quantitative estimate of drug-likeness (QED) is 0.605. The van der Waals surface area contributed by atoms with Gasteiger partial charge in [-0.1, -0.05) is 30.3 Å². The zero-order valence-corrected chi connectivity index (χ0v) is 8.52. The molecule has 1 amide bonds. The van der Waals surface area contributed by atoms with E-state index in [4.69, 9.17) is 0 Å². The van der Waals surface area contributed by atoms with Gasteiger partial charge in [-0.2, -0.15) is 0 Å². The maximum atomic E-state index is 11.5. The lowest BCUT2D eigenvalue weighted by Crippen LogP contribution is -2.36. The summed E-state index contributed by atoms with van der Waals surface area (Å²) < 4.78 is 0. The molecule has 5 heteroatoms. The number of benzene rings is 1. The number of amides is 1. The summed E-state index contributed by atoms with van der Waals surface area (Å²) in [5, 5.41) is 28.2. The van der Waals surface area contributed by atoms with Crippen molar-refractivity contribution in [2.24, 2.45) is 0 Å². The molecule has 1 saturated heterocycles. The average molecular weight is 223 g/mol. The second-order valence-corrected chi connectivity index (χ2v) is 3.80. The third-order valence-electron chi connectivity index (χ3n) is 2.68. The number of hydrogen-bond acceptors (Lipinski definition) is 4. The fourth-order valence-electron chi connectivity index (χ4n) is 1.75. The van der Waals surface area contributed by atoms with Gasteiger partial charge >= 0.3 is 0 Å². The molecule has 1 aliphatic rings. The molecule has 0 bridgehead atoms. The van der Waals surface area contributed by atoms with E-state index in [0.29, 0.717) is 0 Å². The Morgan fingerprint density at radius 1 is 1.12 bits per heavy atom. The molecule has 1 unspecified atom stereocenters. The zero-order valence-electron chi connectivity index (χ0n) is 8.52. The van der Waals surface area contributed by atoms with Crippen LogP contribution in [0.3, 0.4) is 0 Å². The average Bonchev–Trinajstić information content (AvgIpc) is 2.48. The normalized spacial score (nSPS) is 29.8. The Morgan fingerprint density at radius 2 is 1.75 bits per heavy atom. The van der Waals surface area contributed by atoms with Crippen LogP contribution in [0.15, 0.2) is 30.3 Å². The Bertz CT molecular complexity index is 381. The van der Waals surface area contributed by atoms with Crippen molar-refractivity contribution in [1.29, 1.82) is 0 Å². The van der Waals surface area contributed by atoms with Crippen LogP contribution in [0.1, 0.15) is 5.56 Å². The highest BCUT2D eigenvalue weighted by molar-refractivity contribution is 5.84. The lowest BCUT2D eigenvalue weighted by atomic mass is 10.2. The summed E-state index contributed by atoms with van der Waals surface area (Å²) in [6.07, 6.45) is -4.31. The largest absolute Gasteiger partial charge is 0.385 e. The number of hydrogen-bond donors (Lipinski definition) is 3. The fourth-order valence-corrected chi connectivity index (χ4v) is 1.75. The molecule has 1 aliphatic heterocycles. The van der Waals surface area contributed by atoms with E-state index in [-0.39, 0.29) is 6.54 Å². The molecule has 5 nitrogen and oxygen atoms in total. The highest BCUT2D eigenvalue weighted by Gasteiger charge is 2.45. The van der Waals surface area contributed by atoms with Crippen molar-refractivity contribution in [1.82, 2.24) is 4.90 Å². The van der Waals surface area contributed by atoms with Gasteiger partial charge in [0, 0.05) is 6.54 Å². The van der Waals surface area contributed by atoms with E-state index in [0.717, 1.165) is 10.5 Å². The van der Waals surface area contributed by atoms with Crippen molar-refractivity contribution in [2.75, 3.05) is 0 Å². The summed E-state index contributed by atoms with van der Waals surface area (Å²) >= 11 is 0. The number of rotatable bonds is 2. The first-order valence-corrected chi connectivity index (χ1v) is 5.00. The van der Waals surface area contributed by atoms with Gasteiger partial charge < -0.3 is 20.2 Å². The maximum absolute atomic E-state index is 11.5. The summed E-state index contributed by atoms with van der Waals surface area (Å²) in [6.45, 7) is 0.176. The Morgan fingerprint density at radius 3 is 2.25 bits per heavy atom. The predicted molar refractivity (Wildman–Crippen MR) is 55.0 cm³/mol. The van der Waals surface area contributed by atoms with Gasteiger partial charge in [0.15, 0.2) is 12.3 Å². The Labute approximate surface area is 92.6 Å². The third-order valence-corrected chi connectivity index (χ3v) is 2.68. The number of nitrogens with zero attached hydrogens (tertiary/aromatic N) is 1. The van der Waals surface area contributed by atoms with Gasteiger partial charge in [-0.05, 0) is 5.56 Å². The molecule has 0 saturated carbocycles. The van der Waals surface area contributed by atoms with Crippen molar-refractivity contribution in [3.05, 3.63) is 35.9 Å². The minimum Gasteiger partial charge on any atom is -0.385 e. The van der Waals surface area contributed by atoms with Crippen LogP contribution in [0, 0.1) is 0 Å². The van der Waals surface area contributed by atoms with Crippen molar-refractivity contribution in [2.45, 2.75) is 25.0 Å². The predicted octanol–water partition coefficient (Wildman–Crippen LogP) is -0.931. The lowest BCUT2D eigenvalue weighted by Gasteiger charge is -2.20. The molecule has 0 aromatic heterocycles. The molecule has 1 heterocycles. The van der Waals surface area contributed by atoms with Crippen molar-refractivity contribution in [3.63, 3.8) is 0 Å².